The molecule has 9 nitrogen and oxygen atoms in total. The van der Waals surface area contributed by atoms with E-state index in [1.54, 1.807) is 40.6 Å². The molecular weight excluding hydrogens is 498 g/mol. The average Bonchev–Trinajstić information content (AvgIpc) is 3.44. The van der Waals surface area contributed by atoms with Crippen molar-refractivity contribution in [3.63, 3.8) is 0 Å². The summed E-state index contributed by atoms with van der Waals surface area (Å²) in [5.74, 6) is 4.36. The van der Waals surface area contributed by atoms with Gasteiger partial charge in [0, 0.05) is 43.5 Å². The number of aromatic nitrogens is 2. The number of unbranched alkanes of at least 4 members (excludes halogenated alkanes) is 1. The Morgan fingerprint density at radius 1 is 0.923 bits per heavy atom. The summed E-state index contributed by atoms with van der Waals surface area (Å²) in [4.78, 5) is 19.9. The van der Waals surface area contributed by atoms with Crippen molar-refractivity contribution in [2.45, 2.75) is 45.1 Å². The van der Waals surface area contributed by atoms with E-state index in [1.165, 1.54) is 0 Å². The molecule has 39 heavy (non-hydrogen) atoms. The zero-order chi connectivity index (χ0) is 27.8. The highest BCUT2D eigenvalue weighted by molar-refractivity contribution is 5.95. The Bertz CT molecular complexity index is 1220. The molecule has 0 bridgehead atoms. The molecule has 3 aromatic rings. The van der Waals surface area contributed by atoms with E-state index in [0.717, 1.165) is 37.1 Å². The molecule has 9 heteroatoms. The first-order valence-corrected chi connectivity index (χ1v) is 13.4. The third kappa shape index (κ3) is 6.41. The lowest BCUT2D eigenvalue weighted by atomic mass is 9.95. The summed E-state index contributed by atoms with van der Waals surface area (Å²) in [5.41, 5.74) is 1.64. The van der Waals surface area contributed by atoms with Crippen molar-refractivity contribution in [2.24, 2.45) is 0 Å². The predicted molar refractivity (Wildman–Crippen MR) is 149 cm³/mol. The number of nitrogens with zero attached hydrogens (tertiary/aromatic N) is 3. The summed E-state index contributed by atoms with van der Waals surface area (Å²) in [6.45, 7) is 4.66. The van der Waals surface area contributed by atoms with Crippen LogP contribution in [0.15, 0.2) is 42.7 Å². The van der Waals surface area contributed by atoms with Crippen LogP contribution >= 0.6 is 0 Å². The quantitative estimate of drug-likeness (QED) is 0.295. The third-order valence-electron chi connectivity index (χ3n) is 7.14. The Morgan fingerprint density at radius 2 is 1.62 bits per heavy atom. The standard InChI is InChI=1S/C30H39N3O6/c1-6-7-16-39-25-19-23(8-9-24(25)35-2)30(34)32-13-10-22(11-14-32)29-31-12-15-33(29)20-21-17-26(36-3)28(38-5)27(18-21)37-4/h8-9,12,15,17-19,22H,6-7,10-11,13-14,16,20H2,1-5H3. The minimum atomic E-state index is 0.0113. The van der Waals surface area contributed by atoms with E-state index in [9.17, 15) is 4.79 Å². The van der Waals surface area contributed by atoms with Crippen molar-refractivity contribution in [1.29, 1.82) is 0 Å². The van der Waals surface area contributed by atoms with Crippen molar-refractivity contribution in [3.8, 4) is 28.7 Å². The zero-order valence-corrected chi connectivity index (χ0v) is 23.6. The first-order chi connectivity index (χ1) is 19.0. The molecule has 0 aliphatic carbocycles. The van der Waals surface area contributed by atoms with Crippen LogP contribution in [0.4, 0.5) is 0 Å². The van der Waals surface area contributed by atoms with Crippen LogP contribution in [0.3, 0.4) is 0 Å². The van der Waals surface area contributed by atoms with E-state index in [-0.39, 0.29) is 11.8 Å². The van der Waals surface area contributed by atoms with Gasteiger partial charge in [-0.25, -0.2) is 4.98 Å². The second-order valence-corrected chi connectivity index (χ2v) is 9.58. The maximum atomic E-state index is 13.3. The summed E-state index contributed by atoms with van der Waals surface area (Å²) in [6, 6.07) is 9.33. The van der Waals surface area contributed by atoms with Gasteiger partial charge in [0.05, 0.1) is 35.0 Å². The number of methoxy groups -OCH3 is 4. The van der Waals surface area contributed by atoms with E-state index in [0.29, 0.717) is 60.6 Å². The van der Waals surface area contributed by atoms with E-state index in [2.05, 4.69) is 11.5 Å². The van der Waals surface area contributed by atoms with Crippen LogP contribution in [0.1, 0.15) is 60.3 Å². The molecule has 0 spiro atoms. The van der Waals surface area contributed by atoms with E-state index >= 15 is 0 Å². The van der Waals surface area contributed by atoms with Crippen molar-refractivity contribution in [3.05, 3.63) is 59.7 Å². The van der Waals surface area contributed by atoms with Crippen LogP contribution in [0, 0.1) is 0 Å². The summed E-state index contributed by atoms with van der Waals surface area (Å²) < 4.78 is 30.0. The molecule has 2 heterocycles. The summed E-state index contributed by atoms with van der Waals surface area (Å²) in [6.07, 6.45) is 7.50. The van der Waals surface area contributed by atoms with Gasteiger partial charge in [-0.3, -0.25) is 4.79 Å². The van der Waals surface area contributed by atoms with E-state index in [1.807, 2.05) is 35.5 Å². The molecular formula is C30H39N3O6. The lowest BCUT2D eigenvalue weighted by molar-refractivity contribution is 0.0710. The number of benzene rings is 2. The number of amides is 1. The number of hydrogen-bond donors (Lipinski definition) is 0. The van der Waals surface area contributed by atoms with Gasteiger partial charge in [-0.05, 0) is 55.2 Å². The molecule has 210 valence electrons. The number of ether oxygens (including phenoxy) is 5. The topological polar surface area (TPSA) is 84.3 Å². The molecule has 1 saturated heterocycles. The van der Waals surface area contributed by atoms with Crippen molar-refractivity contribution in [1.82, 2.24) is 14.5 Å². The van der Waals surface area contributed by atoms with E-state index < -0.39 is 0 Å². The van der Waals surface area contributed by atoms with Crippen LogP contribution in [0.5, 0.6) is 28.7 Å². The molecule has 2 aromatic carbocycles. The third-order valence-corrected chi connectivity index (χ3v) is 7.14. The fraction of sp³-hybridized carbons (Fsp3) is 0.467. The SMILES string of the molecule is CCCCOc1cc(C(=O)N2CCC(c3nccn3Cc3cc(OC)c(OC)c(OC)c3)CC2)ccc1OC. The molecule has 0 radical (unpaired) electrons. The summed E-state index contributed by atoms with van der Waals surface area (Å²) in [5, 5.41) is 0. The highest BCUT2D eigenvalue weighted by atomic mass is 16.5. The molecule has 0 N–H and O–H groups in total. The minimum Gasteiger partial charge on any atom is -0.493 e. The van der Waals surface area contributed by atoms with Gasteiger partial charge in [0.15, 0.2) is 23.0 Å². The Hall–Kier alpha value is -3.88. The Labute approximate surface area is 230 Å². The van der Waals surface area contributed by atoms with Gasteiger partial charge in [0.25, 0.3) is 5.91 Å². The number of likely N-dealkylation sites (tertiary alicyclic amines) is 1. The van der Waals surface area contributed by atoms with Gasteiger partial charge in [0.1, 0.15) is 5.82 Å². The molecule has 0 atom stereocenters. The second kappa shape index (κ2) is 13.3. The monoisotopic (exact) mass is 537 g/mol. The molecule has 4 rings (SSSR count). The lowest BCUT2D eigenvalue weighted by Gasteiger charge is -2.32. The fourth-order valence-electron chi connectivity index (χ4n) is 5.01. The first-order valence-electron chi connectivity index (χ1n) is 13.4. The van der Waals surface area contributed by atoms with Crippen molar-refractivity contribution >= 4 is 5.91 Å². The maximum Gasteiger partial charge on any atom is 0.253 e. The van der Waals surface area contributed by atoms with Crippen LogP contribution in [0.2, 0.25) is 0 Å². The Balaban J connectivity index is 1.43. The molecule has 0 saturated carbocycles. The van der Waals surface area contributed by atoms with Crippen molar-refractivity contribution < 1.29 is 28.5 Å². The van der Waals surface area contributed by atoms with Crippen LogP contribution < -0.4 is 23.7 Å². The van der Waals surface area contributed by atoms with Crippen molar-refractivity contribution in [2.75, 3.05) is 48.1 Å². The Morgan fingerprint density at radius 3 is 2.23 bits per heavy atom. The summed E-state index contributed by atoms with van der Waals surface area (Å²) >= 11 is 0. The number of piperidine rings is 1. The fourth-order valence-corrected chi connectivity index (χ4v) is 5.01. The second-order valence-electron chi connectivity index (χ2n) is 9.58. The molecule has 0 unspecified atom stereocenters. The van der Waals surface area contributed by atoms with Crippen LogP contribution in [0.25, 0.3) is 0 Å². The van der Waals surface area contributed by atoms with Crippen LogP contribution in [-0.2, 0) is 6.54 Å². The highest BCUT2D eigenvalue weighted by Gasteiger charge is 2.28. The number of hydrogen-bond acceptors (Lipinski definition) is 7. The maximum absolute atomic E-state index is 13.3. The normalized spacial score (nSPS) is 13.7. The molecule has 1 fully saturated rings. The van der Waals surface area contributed by atoms with Gasteiger partial charge in [-0.1, -0.05) is 13.3 Å². The lowest BCUT2D eigenvalue weighted by Crippen LogP contribution is -2.38. The number of carbonyl (C=O) groups excluding carboxylic acids is 1. The van der Waals surface area contributed by atoms with Gasteiger partial charge in [0.2, 0.25) is 5.75 Å². The largest absolute Gasteiger partial charge is 0.493 e. The number of rotatable bonds is 12. The summed E-state index contributed by atoms with van der Waals surface area (Å²) in [7, 11) is 6.44. The van der Waals surface area contributed by atoms with Gasteiger partial charge < -0.3 is 33.2 Å². The number of imidazole rings is 1. The minimum absolute atomic E-state index is 0.0113. The van der Waals surface area contributed by atoms with Gasteiger partial charge in [-0.2, -0.15) is 0 Å². The number of carbonyl (C=O) groups is 1. The first kappa shape index (κ1) is 28.1. The molecule has 1 aliphatic heterocycles. The zero-order valence-electron chi connectivity index (χ0n) is 23.6. The molecule has 1 aromatic heterocycles. The predicted octanol–water partition coefficient (Wildman–Crippen LogP) is 5.16. The van der Waals surface area contributed by atoms with Crippen LogP contribution in [-0.4, -0.2) is 68.5 Å². The smallest absolute Gasteiger partial charge is 0.253 e. The average molecular weight is 538 g/mol. The van der Waals surface area contributed by atoms with Gasteiger partial charge >= 0.3 is 0 Å². The Kier molecular flexibility index (Phi) is 9.57. The highest BCUT2D eigenvalue weighted by Crippen LogP contribution is 2.39. The van der Waals surface area contributed by atoms with Gasteiger partial charge in [-0.15, -0.1) is 0 Å². The molecule has 1 aliphatic rings. The van der Waals surface area contributed by atoms with E-state index in [4.69, 9.17) is 28.7 Å². The molecule has 1 amide bonds.